The summed E-state index contributed by atoms with van der Waals surface area (Å²) in [4.78, 5) is 25.9. The second kappa shape index (κ2) is 6.54. The normalized spacial score (nSPS) is 31.9. The highest BCUT2D eigenvalue weighted by atomic mass is 16.5. The van der Waals surface area contributed by atoms with Gasteiger partial charge in [0.2, 0.25) is 5.78 Å². The van der Waals surface area contributed by atoms with Crippen LogP contribution < -0.4 is 0 Å². The van der Waals surface area contributed by atoms with Crippen molar-refractivity contribution in [1.29, 1.82) is 0 Å². The van der Waals surface area contributed by atoms with E-state index in [0.717, 1.165) is 43.5 Å². The molecular weight excluding hydrogens is 384 g/mol. The zero-order chi connectivity index (χ0) is 21.3. The van der Waals surface area contributed by atoms with Crippen LogP contribution in [0.3, 0.4) is 0 Å². The molecule has 4 atom stereocenters. The Morgan fingerprint density at radius 3 is 2.50 bits per heavy atom. The van der Waals surface area contributed by atoms with E-state index in [4.69, 9.17) is 9.26 Å². The molecule has 0 aromatic carbocycles. The molecule has 7 heteroatoms. The molecule has 0 amide bonds. The fourth-order valence-electron chi connectivity index (χ4n) is 6.67. The van der Waals surface area contributed by atoms with Gasteiger partial charge in [0.1, 0.15) is 5.76 Å². The van der Waals surface area contributed by atoms with Gasteiger partial charge in [-0.15, -0.1) is 0 Å². The lowest BCUT2D eigenvalue weighted by Crippen LogP contribution is -2.58. The molecule has 4 bridgehead atoms. The monoisotopic (exact) mass is 412 g/mol. The smallest absolute Gasteiger partial charge is 0.312 e. The van der Waals surface area contributed by atoms with Crippen molar-refractivity contribution < 1.29 is 24.0 Å². The number of rotatable bonds is 5. The number of aromatic nitrogens is 2. The van der Waals surface area contributed by atoms with Gasteiger partial charge >= 0.3 is 5.97 Å². The first-order valence-corrected chi connectivity index (χ1v) is 10.7. The molecule has 6 rings (SSSR count). The van der Waals surface area contributed by atoms with Gasteiger partial charge < -0.3 is 14.4 Å². The van der Waals surface area contributed by atoms with Gasteiger partial charge in [-0.25, -0.2) is 0 Å². The van der Waals surface area contributed by atoms with Crippen molar-refractivity contribution in [3.63, 3.8) is 0 Å². The fourth-order valence-corrected chi connectivity index (χ4v) is 6.67. The standard InChI is InChI=1S/C23H28N2O5/c1-13-4-18(15(3)25(13)20-5-14(2)30-24-20)19(26)11-29-21(27)22-7-16-6-17(8-22)10-23(28,9-16)12-22/h4-5,16-17,28H,6-12H2,1-3H3/t16-,17+,22?,23?. The number of carbonyl (C=O) groups excluding carboxylic acids is 2. The van der Waals surface area contributed by atoms with Crippen LogP contribution in [0.2, 0.25) is 0 Å². The number of aliphatic hydroxyl groups is 1. The van der Waals surface area contributed by atoms with Crippen LogP contribution in [0.15, 0.2) is 16.7 Å². The average Bonchev–Trinajstić information content (AvgIpc) is 3.19. The quantitative estimate of drug-likeness (QED) is 0.597. The lowest BCUT2D eigenvalue weighted by atomic mass is 9.48. The van der Waals surface area contributed by atoms with Gasteiger partial charge in [0, 0.05) is 23.0 Å². The van der Waals surface area contributed by atoms with E-state index in [1.165, 1.54) is 0 Å². The van der Waals surface area contributed by atoms with Gasteiger partial charge in [0.15, 0.2) is 12.4 Å². The lowest BCUT2D eigenvalue weighted by molar-refractivity contribution is -0.195. The van der Waals surface area contributed by atoms with Gasteiger partial charge in [-0.1, -0.05) is 5.16 Å². The summed E-state index contributed by atoms with van der Waals surface area (Å²) in [5.74, 6) is 1.56. The number of esters is 1. The minimum atomic E-state index is -0.728. The van der Waals surface area contributed by atoms with Crippen molar-refractivity contribution in [3.8, 4) is 5.82 Å². The van der Waals surface area contributed by atoms with Gasteiger partial charge in [-0.2, -0.15) is 0 Å². The Balaban J connectivity index is 1.31. The Hall–Kier alpha value is -2.41. The molecule has 0 radical (unpaired) electrons. The molecule has 2 unspecified atom stereocenters. The molecule has 1 N–H and O–H groups in total. The number of ether oxygens (including phenoxy) is 1. The number of aryl methyl sites for hydroxylation is 2. The summed E-state index contributed by atoms with van der Waals surface area (Å²) < 4.78 is 12.6. The van der Waals surface area contributed by atoms with E-state index in [1.807, 2.05) is 31.4 Å². The second-order valence-electron chi connectivity index (χ2n) is 9.88. The Bertz CT molecular complexity index is 1020. The summed E-state index contributed by atoms with van der Waals surface area (Å²) in [6.07, 6.45) is 4.72. The highest BCUT2D eigenvalue weighted by Crippen LogP contribution is 2.61. The molecule has 4 aliphatic carbocycles. The second-order valence-corrected chi connectivity index (χ2v) is 9.88. The Morgan fingerprint density at radius 2 is 1.90 bits per heavy atom. The molecule has 4 aliphatic rings. The van der Waals surface area contributed by atoms with Gasteiger partial charge in [-0.05, 0) is 77.2 Å². The molecule has 2 aromatic rings. The van der Waals surface area contributed by atoms with Gasteiger partial charge in [-0.3, -0.25) is 14.2 Å². The summed E-state index contributed by atoms with van der Waals surface area (Å²) in [5.41, 5.74) is 0.775. The molecule has 2 heterocycles. The number of hydrogen-bond acceptors (Lipinski definition) is 6. The number of hydrogen-bond donors (Lipinski definition) is 1. The number of carbonyl (C=O) groups is 2. The molecule has 0 aliphatic heterocycles. The van der Waals surface area contributed by atoms with Gasteiger partial charge in [0.25, 0.3) is 0 Å². The van der Waals surface area contributed by atoms with E-state index in [9.17, 15) is 14.7 Å². The molecule has 0 saturated heterocycles. The van der Waals surface area contributed by atoms with Crippen LogP contribution in [-0.2, 0) is 9.53 Å². The topological polar surface area (TPSA) is 94.6 Å². The summed E-state index contributed by atoms with van der Waals surface area (Å²) in [6, 6.07) is 3.61. The molecule has 4 fully saturated rings. The highest BCUT2D eigenvalue weighted by molar-refractivity contribution is 5.99. The maximum atomic E-state index is 13.0. The van der Waals surface area contributed by atoms with E-state index in [2.05, 4.69) is 5.16 Å². The van der Waals surface area contributed by atoms with Crippen molar-refractivity contribution in [1.82, 2.24) is 9.72 Å². The molecule has 4 saturated carbocycles. The minimum absolute atomic E-state index is 0.230. The van der Waals surface area contributed by atoms with Crippen LogP contribution in [0, 0.1) is 38.0 Å². The van der Waals surface area contributed by atoms with Crippen LogP contribution in [0.1, 0.15) is 66.0 Å². The first-order valence-electron chi connectivity index (χ1n) is 10.7. The summed E-state index contributed by atoms with van der Waals surface area (Å²) in [6.45, 7) is 5.28. The van der Waals surface area contributed by atoms with Crippen molar-refractivity contribution in [2.24, 2.45) is 17.3 Å². The van der Waals surface area contributed by atoms with E-state index in [-0.39, 0.29) is 18.4 Å². The largest absolute Gasteiger partial charge is 0.457 e. The van der Waals surface area contributed by atoms with Crippen LogP contribution in [0.4, 0.5) is 0 Å². The van der Waals surface area contributed by atoms with Crippen molar-refractivity contribution in [3.05, 3.63) is 34.8 Å². The molecular formula is C23H28N2O5. The zero-order valence-electron chi connectivity index (χ0n) is 17.7. The molecule has 2 aromatic heterocycles. The first-order chi connectivity index (χ1) is 14.2. The fraction of sp³-hybridized carbons (Fsp3) is 0.609. The van der Waals surface area contributed by atoms with E-state index < -0.39 is 11.0 Å². The SMILES string of the molecule is Cc1cc(-n2c(C)cc(C(=O)COC(=O)C34C[C@@H]5C[C@@H](CC(O)(C5)C3)C4)c2C)no1. The number of ketones is 1. The Labute approximate surface area is 175 Å². The van der Waals surface area contributed by atoms with E-state index >= 15 is 0 Å². The van der Waals surface area contributed by atoms with Crippen LogP contribution >= 0.6 is 0 Å². The Kier molecular flexibility index (Phi) is 4.26. The van der Waals surface area contributed by atoms with Crippen LogP contribution in [0.25, 0.3) is 5.82 Å². The van der Waals surface area contributed by atoms with Crippen LogP contribution in [0.5, 0.6) is 0 Å². The average molecular weight is 412 g/mol. The van der Waals surface area contributed by atoms with Crippen molar-refractivity contribution in [2.75, 3.05) is 6.61 Å². The predicted molar refractivity (Wildman–Crippen MR) is 107 cm³/mol. The van der Waals surface area contributed by atoms with Crippen molar-refractivity contribution in [2.45, 2.75) is 64.9 Å². The summed E-state index contributed by atoms with van der Waals surface area (Å²) in [5, 5.41) is 14.9. The molecule has 7 nitrogen and oxygen atoms in total. The lowest BCUT2D eigenvalue weighted by Gasteiger charge is -2.58. The summed E-state index contributed by atoms with van der Waals surface area (Å²) in [7, 11) is 0. The first kappa shape index (κ1) is 19.5. The highest BCUT2D eigenvalue weighted by Gasteiger charge is 2.60. The van der Waals surface area contributed by atoms with E-state index in [1.54, 1.807) is 6.07 Å². The van der Waals surface area contributed by atoms with Crippen LogP contribution in [-0.4, -0.2) is 38.8 Å². The molecule has 160 valence electrons. The molecule has 30 heavy (non-hydrogen) atoms. The van der Waals surface area contributed by atoms with Crippen molar-refractivity contribution >= 4 is 11.8 Å². The third-order valence-corrected chi connectivity index (χ3v) is 7.37. The number of nitrogens with zero attached hydrogens (tertiary/aromatic N) is 2. The minimum Gasteiger partial charge on any atom is -0.457 e. The zero-order valence-corrected chi connectivity index (χ0v) is 17.7. The maximum absolute atomic E-state index is 13.0. The number of Topliss-reactive ketones (excluding diaryl/α,β-unsaturated/α-hetero) is 1. The third-order valence-electron chi connectivity index (χ3n) is 7.37. The third kappa shape index (κ3) is 3.02. The predicted octanol–water partition coefficient (Wildman–Crippen LogP) is 3.45. The summed E-state index contributed by atoms with van der Waals surface area (Å²) >= 11 is 0. The molecule has 0 spiro atoms. The van der Waals surface area contributed by atoms with Gasteiger partial charge in [0.05, 0.1) is 11.0 Å². The maximum Gasteiger partial charge on any atom is 0.312 e. The Morgan fingerprint density at radius 1 is 1.20 bits per heavy atom. The van der Waals surface area contributed by atoms with E-state index in [0.29, 0.717) is 35.4 Å².